The number of piperidine rings is 1. The number of nitrogens with one attached hydrogen (secondary N) is 1. The van der Waals surface area contributed by atoms with Crippen molar-refractivity contribution in [3.05, 3.63) is 11.5 Å². The maximum atomic E-state index is 12.9. The second kappa shape index (κ2) is 9.37. The van der Waals surface area contributed by atoms with Gasteiger partial charge in [-0.1, -0.05) is 19.0 Å². The minimum absolute atomic E-state index is 0.0295. The van der Waals surface area contributed by atoms with Crippen molar-refractivity contribution in [1.82, 2.24) is 19.7 Å². The molecule has 0 aliphatic carbocycles. The van der Waals surface area contributed by atoms with Gasteiger partial charge in [-0.05, 0) is 53.1 Å². The molecule has 0 spiro atoms. The SMILES string of the molecule is Cc1noc(C)c1S(=O)(=O)N1CCC(C(=O)NC(CC(C)C)CN(C)C)CC1. The first-order valence-corrected chi connectivity index (χ1v) is 11.3. The Labute approximate surface area is 168 Å². The average molecular weight is 415 g/mol. The molecular formula is C19H34N4O4S. The van der Waals surface area contributed by atoms with Gasteiger partial charge in [-0.25, -0.2) is 8.42 Å². The van der Waals surface area contributed by atoms with Crippen LogP contribution in [-0.4, -0.2) is 68.5 Å². The van der Waals surface area contributed by atoms with Crippen LogP contribution in [0, 0.1) is 25.7 Å². The van der Waals surface area contributed by atoms with E-state index in [4.69, 9.17) is 4.52 Å². The Morgan fingerprint density at radius 3 is 2.36 bits per heavy atom. The molecule has 8 nitrogen and oxygen atoms in total. The molecule has 0 bridgehead atoms. The molecule has 0 aromatic carbocycles. The summed E-state index contributed by atoms with van der Waals surface area (Å²) in [7, 11) is 0.350. The fraction of sp³-hybridized carbons (Fsp3) is 0.789. The quantitative estimate of drug-likeness (QED) is 0.697. The van der Waals surface area contributed by atoms with Crippen LogP contribution >= 0.6 is 0 Å². The monoisotopic (exact) mass is 414 g/mol. The van der Waals surface area contributed by atoms with Gasteiger partial charge < -0.3 is 14.7 Å². The van der Waals surface area contributed by atoms with Crippen molar-refractivity contribution < 1.29 is 17.7 Å². The molecule has 0 radical (unpaired) electrons. The zero-order valence-electron chi connectivity index (χ0n) is 17.9. The van der Waals surface area contributed by atoms with E-state index in [9.17, 15) is 13.2 Å². The molecule has 1 aliphatic heterocycles. The third-order valence-electron chi connectivity index (χ3n) is 5.08. The molecule has 9 heteroatoms. The van der Waals surface area contributed by atoms with Crippen LogP contribution in [0.2, 0.25) is 0 Å². The number of likely N-dealkylation sites (N-methyl/N-ethyl adjacent to an activating group) is 1. The highest BCUT2D eigenvalue weighted by atomic mass is 32.2. The van der Waals surface area contributed by atoms with Gasteiger partial charge in [-0.15, -0.1) is 0 Å². The van der Waals surface area contributed by atoms with E-state index in [1.165, 1.54) is 4.31 Å². The topological polar surface area (TPSA) is 95.8 Å². The van der Waals surface area contributed by atoms with Crippen LogP contribution in [0.15, 0.2) is 9.42 Å². The van der Waals surface area contributed by atoms with Crippen LogP contribution in [0.1, 0.15) is 44.6 Å². The van der Waals surface area contributed by atoms with Crippen molar-refractivity contribution in [2.24, 2.45) is 11.8 Å². The van der Waals surface area contributed by atoms with Crippen molar-refractivity contribution in [1.29, 1.82) is 0 Å². The Hall–Kier alpha value is -1.45. The lowest BCUT2D eigenvalue weighted by Gasteiger charge is -2.32. The minimum atomic E-state index is -3.65. The molecule has 1 saturated heterocycles. The highest BCUT2D eigenvalue weighted by molar-refractivity contribution is 7.89. The van der Waals surface area contributed by atoms with Crippen LogP contribution in [-0.2, 0) is 14.8 Å². The number of sulfonamides is 1. The maximum Gasteiger partial charge on any atom is 0.248 e. The number of nitrogens with zero attached hydrogens (tertiary/aromatic N) is 3. The molecule has 1 aromatic heterocycles. The third kappa shape index (κ3) is 5.55. The number of carbonyl (C=O) groups is 1. The second-order valence-electron chi connectivity index (χ2n) is 8.43. The van der Waals surface area contributed by atoms with E-state index >= 15 is 0 Å². The van der Waals surface area contributed by atoms with Gasteiger partial charge >= 0.3 is 0 Å². The molecule has 2 rings (SSSR count). The zero-order valence-corrected chi connectivity index (χ0v) is 18.7. The minimum Gasteiger partial charge on any atom is -0.360 e. The number of aromatic nitrogens is 1. The zero-order chi connectivity index (χ0) is 21.1. The summed E-state index contributed by atoms with van der Waals surface area (Å²) in [6.07, 6.45) is 1.96. The smallest absolute Gasteiger partial charge is 0.248 e. The molecule has 1 atom stereocenters. The van der Waals surface area contributed by atoms with Crippen LogP contribution in [0.4, 0.5) is 0 Å². The van der Waals surface area contributed by atoms with Crippen molar-refractivity contribution in [2.45, 2.75) is 57.9 Å². The first-order chi connectivity index (χ1) is 13.0. The van der Waals surface area contributed by atoms with Crippen molar-refractivity contribution in [2.75, 3.05) is 33.7 Å². The Bertz CT molecular complexity index is 735. The number of rotatable bonds is 8. The van der Waals surface area contributed by atoms with Gasteiger partial charge in [0.25, 0.3) is 0 Å². The van der Waals surface area contributed by atoms with Crippen LogP contribution in [0.3, 0.4) is 0 Å². The van der Waals surface area contributed by atoms with Gasteiger partial charge in [-0.2, -0.15) is 4.31 Å². The van der Waals surface area contributed by atoms with E-state index in [2.05, 4.69) is 29.2 Å². The fourth-order valence-electron chi connectivity index (χ4n) is 3.84. The van der Waals surface area contributed by atoms with Crippen molar-refractivity contribution >= 4 is 15.9 Å². The van der Waals surface area contributed by atoms with Crippen molar-refractivity contribution in [3.63, 3.8) is 0 Å². The van der Waals surface area contributed by atoms with Gasteiger partial charge in [0.05, 0.1) is 0 Å². The van der Waals surface area contributed by atoms with Crippen molar-refractivity contribution in [3.8, 4) is 0 Å². The van der Waals surface area contributed by atoms with E-state index in [0.717, 1.165) is 13.0 Å². The largest absolute Gasteiger partial charge is 0.360 e. The molecule has 1 unspecified atom stereocenters. The Morgan fingerprint density at radius 1 is 1.29 bits per heavy atom. The Morgan fingerprint density at radius 2 is 1.89 bits per heavy atom. The van der Waals surface area contributed by atoms with Crippen LogP contribution in [0.25, 0.3) is 0 Å². The molecule has 2 heterocycles. The highest BCUT2D eigenvalue weighted by Crippen LogP contribution is 2.27. The number of amides is 1. The first-order valence-electron chi connectivity index (χ1n) is 9.90. The Balaban J connectivity index is 1.98. The van der Waals surface area contributed by atoms with E-state index in [1.807, 2.05) is 14.1 Å². The lowest BCUT2D eigenvalue weighted by molar-refractivity contribution is -0.127. The number of hydrogen-bond acceptors (Lipinski definition) is 6. The molecule has 1 fully saturated rings. The summed E-state index contributed by atoms with van der Waals surface area (Å²) in [5, 5.41) is 6.93. The lowest BCUT2D eigenvalue weighted by atomic mass is 9.96. The first kappa shape index (κ1) is 22.8. The molecule has 1 N–H and O–H groups in total. The van der Waals surface area contributed by atoms with Gasteiger partial charge in [-0.3, -0.25) is 4.79 Å². The van der Waals surface area contributed by atoms with E-state index in [0.29, 0.717) is 43.3 Å². The van der Waals surface area contributed by atoms with Crippen LogP contribution < -0.4 is 5.32 Å². The molecule has 1 aromatic rings. The fourth-order valence-corrected chi connectivity index (χ4v) is 5.60. The second-order valence-corrected chi connectivity index (χ2v) is 10.3. The maximum absolute atomic E-state index is 12.9. The normalized spacial score (nSPS) is 18.0. The lowest BCUT2D eigenvalue weighted by Crippen LogP contribution is -2.48. The van der Waals surface area contributed by atoms with E-state index < -0.39 is 10.0 Å². The molecule has 160 valence electrons. The predicted octanol–water partition coefficient (Wildman–Crippen LogP) is 1.78. The number of hydrogen-bond donors (Lipinski definition) is 1. The summed E-state index contributed by atoms with van der Waals surface area (Å²) in [6, 6.07) is 0.103. The standard InChI is InChI=1S/C19H34N4O4S/c1-13(2)11-17(12-22(5)6)20-19(24)16-7-9-23(10-8-16)28(25,26)18-14(3)21-27-15(18)4/h13,16-17H,7-12H2,1-6H3,(H,20,24). The van der Waals surface area contributed by atoms with E-state index in [-0.39, 0.29) is 22.8 Å². The highest BCUT2D eigenvalue weighted by Gasteiger charge is 2.35. The summed E-state index contributed by atoms with van der Waals surface area (Å²) >= 11 is 0. The van der Waals surface area contributed by atoms with Gasteiger partial charge in [0, 0.05) is 31.6 Å². The summed E-state index contributed by atoms with van der Waals surface area (Å²) in [4.78, 5) is 15.0. The molecule has 28 heavy (non-hydrogen) atoms. The summed E-state index contributed by atoms with van der Waals surface area (Å²) in [5.41, 5.74) is 0.373. The van der Waals surface area contributed by atoms with E-state index in [1.54, 1.807) is 13.8 Å². The molecule has 1 amide bonds. The third-order valence-corrected chi connectivity index (χ3v) is 7.22. The van der Waals surface area contributed by atoms with Crippen LogP contribution in [0.5, 0.6) is 0 Å². The van der Waals surface area contributed by atoms with Gasteiger partial charge in [0.1, 0.15) is 10.6 Å². The summed E-state index contributed by atoms with van der Waals surface area (Å²) in [6.45, 7) is 8.97. The summed E-state index contributed by atoms with van der Waals surface area (Å²) in [5.74, 6) is 0.666. The predicted molar refractivity (Wildman–Crippen MR) is 107 cm³/mol. The average Bonchev–Trinajstić information content (AvgIpc) is 2.93. The molecule has 0 saturated carbocycles. The summed E-state index contributed by atoms with van der Waals surface area (Å²) < 4.78 is 32.3. The van der Waals surface area contributed by atoms with Gasteiger partial charge in [0.2, 0.25) is 15.9 Å². The molecule has 1 aliphatic rings. The Kier molecular flexibility index (Phi) is 7.64. The molecular weight excluding hydrogens is 380 g/mol. The van der Waals surface area contributed by atoms with Gasteiger partial charge in [0.15, 0.2) is 5.76 Å². The number of carbonyl (C=O) groups excluding carboxylic acids is 1. The number of aryl methyl sites for hydroxylation is 2.